The molecule has 1 nitrogen and oxygen atoms in total. The monoisotopic (exact) mass is 323 g/mol. The van der Waals surface area contributed by atoms with E-state index in [4.69, 9.17) is 0 Å². The Kier molecular flexibility index (Phi) is 3.99. The third-order valence-corrected chi connectivity index (χ3v) is 4.49. The van der Waals surface area contributed by atoms with Crippen molar-refractivity contribution in [3.05, 3.63) is 102 Å². The highest BCUT2D eigenvalue weighted by molar-refractivity contribution is 5.98. The van der Waals surface area contributed by atoms with Gasteiger partial charge in [0.1, 0.15) is 0 Å². The van der Waals surface area contributed by atoms with E-state index in [1.807, 2.05) is 0 Å². The zero-order chi connectivity index (χ0) is 17.2. The van der Waals surface area contributed by atoms with Crippen LogP contribution in [-0.4, -0.2) is 0 Å². The van der Waals surface area contributed by atoms with E-state index in [2.05, 4.69) is 110 Å². The number of fused-ring (bicyclic) bond motifs is 1. The van der Waals surface area contributed by atoms with Gasteiger partial charge in [-0.2, -0.15) is 0 Å². The van der Waals surface area contributed by atoms with Gasteiger partial charge in [0.05, 0.1) is 5.69 Å². The average Bonchev–Trinajstić information content (AvgIpc) is 2.62. The molecule has 122 valence electrons. The summed E-state index contributed by atoms with van der Waals surface area (Å²) < 4.78 is 0. The van der Waals surface area contributed by atoms with Crippen molar-refractivity contribution in [2.75, 3.05) is 4.90 Å². The molecule has 0 spiro atoms. The Morgan fingerprint density at radius 2 is 1.20 bits per heavy atom. The fourth-order valence-corrected chi connectivity index (χ4v) is 3.49. The Bertz CT molecular complexity index is 993. The summed E-state index contributed by atoms with van der Waals surface area (Å²) in [7, 11) is 0. The van der Waals surface area contributed by atoms with Crippen molar-refractivity contribution in [1.29, 1.82) is 0 Å². The van der Waals surface area contributed by atoms with E-state index in [9.17, 15) is 0 Å². The molecule has 0 heterocycles. The van der Waals surface area contributed by atoms with Crippen molar-refractivity contribution < 1.29 is 0 Å². The molecule has 0 saturated carbocycles. The summed E-state index contributed by atoms with van der Waals surface area (Å²) in [6.45, 7) is 4.31. The SMILES string of the molecule is Cc1cc(C)cc(N(c2ccccc2)c2cccc3ccccc23)c1. The van der Waals surface area contributed by atoms with Crippen LogP contribution in [0.3, 0.4) is 0 Å². The van der Waals surface area contributed by atoms with Gasteiger partial charge in [-0.1, -0.05) is 60.7 Å². The molecule has 0 N–H and O–H groups in total. The summed E-state index contributed by atoms with van der Waals surface area (Å²) in [6, 6.07) is 32.4. The van der Waals surface area contributed by atoms with Crippen molar-refractivity contribution in [3.63, 3.8) is 0 Å². The fraction of sp³-hybridized carbons (Fsp3) is 0.0833. The molecule has 0 aliphatic carbocycles. The smallest absolute Gasteiger partial charge is 0.0540 e. The molecule has 0 bridgehead atoms. The first kappa shape index (κ1) is 15.5. The number of rotatable bonds is 3. The van der Waals surface area contributed by atoms with E-state index < -0.39 is 0 Å². The highest BCUT2D eigenvalue weighted by atomic mass is 15.1. The van der Waals surface area contributed by atoms with E-state index in [1.54, 1.807) is 0 Å². The van der Waals surface area contributed by atoms with E-state index in [0.717, 1.165) is 0 Å². The van der Waals surface area contributed by atoms with Crippen LogP contribution in [0.1, 0.15) is 11.1 Å². The minimum atomic E-state index is 1.17. The third kappa shape index (κ3) is 3.01. The van der Waals surface area contributed by atoms with Crippen LogP contribution in [0.15, 0.2) is 91.0 Å². The molecule has 0 saturated heterocycles. The first-order valence-corrected chi connectivity index (χ1v) is 8.63. The first-order valence-electron chi connectivity index (χ1n) is 8.63. The maximum absolute atomic E-state index is 2.35. The lowest BCUT2D eigenvalue weighted by molar-refractivity contribution is 1.26. The minimum Gasteiger partial charge on any atom is -0.310 e. The molecule has 4 aromatic carbocycles. The van der Waals surface area contributed by atoms with Crippen LogP contribution >= 0.6 is 0 Å². The van der Waals surface area contributed by atoms with Crippen molar-refractivity contribution in [2.24, 2.45) is 0 Å². The molecule has 0 unspecified atom stereocenters. The second kappa shape index (κ2) is 6.45. The molecule has 4 aromatic rings. The summed E-state index contributed by atoms with van der Waals surface area (Å²) in [6.07, 6.45) is 0. The van der Waals surface area contributed by atoms with E-state index in [0.29, 0.717) is 0 Å². The van der Waals surface area contributed by atoms with Gasteiger partial charge in [0.2, 0.25) is 0 Å². The van der Waals surface area contributed by atoms with Crippen molar-refractivity contribution in [2.45, 2.75) is 13.8 Å². The van der Waals surface area contributed by atoms with E-state index in [-0.39, 0.29) is 0 Å². The van der Waals surface area contributed by atoms with Gasteiger partial charge in [-0.3, -0.25) is 0 Å². The molecular weight excluding hydrogens is 302 g/mol. The maximum Gasteiger partial charge on any atom is 0.0540 e. The zero-order valence-electron chi connectivity index (χ0n) is 14.6. The largest absolute Gasteiger partial charge is 0.310 e. The highest BCUT2D eigenvalue weighted by Crippen LogP contribution is 2.39. The van der Waals surface area contributed by atoms with Crippen LogP contribution in [-0.2, 0) is 0 Å². The molecule has 0 amide bonds. The van der Waals surface area contributed by atoms with Crippen molar-refractivity contribution in [1.82, 2.24) is 0 Å². The summed E-state index contributed by atoms with van der Waals surface area (Å²) >= 11 is 0. The Balaban J connectivity index is 2.00. The van der Waals surface area contributed by atoms with Gasteiger partial charge in [-0.25, -0.2) is 0 Å². The maximum atomic E-state index is 2.35. The summed E-state index contributed by atoms with van der Waals surface area (Å²) in [5.41, 5.74) is 6.12. The second-order valence-electron chi connectivity index (χ2n) is 6.52. The lowest BCUT2D eigenvalue weighted by atomic mass is 10.0. The van der Waals surface area contributed by atoms with Crippen molar-refractivity contribution in [3.8, 4) is 0 Å². The molecule has 25 heavy (non-hydrogen) atoms. The Hall–Kier alpha value is -3.06. The third-order valence-electron chi connectivity index (χ3n) is 4.49. The molecular formula is C24H21N. The van der Waals surface area contributed by atoms with Crippen LogP contribution in [0.5, 0.6) is 0 Å². The minimum absolute atomic E-state index is 1.17. The average molecular weight is 323 g/mol. The predicted molar refractivity (Wildman–Crippen MR) is 108 cm³/mol. The Morgan fingerprint density at radius 1 is 0.560 bits per heavy atom. The number of hydrogen-bond acceptors (Lipinski definition) is 1. The standard InChI is InChI=1S/C24H21N/c1-18-15-19(2)17-22(16-18)25(21-11-4-3-5-12-21)24-14-8-10-20-9-6-7-13-23(20)24/h3-17H,1-2H3. The van der Waals surface area contributed by atoms with Gasteiger partial charge in [0, 0.05) is 16.8 Å². The molecule has 0 aliphatic rings. The van der Waals surface area contributed by atoms with Crippen LogP contribution < -0.4 is 4.90 Å². The summed E-state index contributed by atoms with van der Waals surface area (Å²) in [5.74, 6) is 0. The lowest BCUT2D eigenvalue weighted by Gasteiger charge is -2.27. The van der Waals surface area contributed by atoms with Crippen LogP contribution in [0, 0.1) is 13.8 Å². The predicted octanol–water partition coefficient (Wildman–Crippen LogP) is 6.93. The van der Waals surface area contributed by atoms with Gasteiger partial charge in [-0.15, -0.1) is 0 Å². The van der Waals surface area contributed by atoms with Crippen molar-refractivity contribution >= 4 is 27.8 Å². The highest BCUT2D eigenvalue weighted by Gasteiger charge is 2.15. The fourth-order valence-electron chi connectivity index (χ4n) is 3.49. The van der Waals surface area contributed by atoms with Crippen LogP contribution in [0.4, 0.5) is 17.1 Å². The Labute approximate surface area is 149 Å². The van der Waals surface area contributed by atoms with E-state index >= 15 is 0 Å². The van der Waals surface area contributed by atoms with Gasteiger partial charge in [0.25, 0.3) is 0 Å². The molecule has 0 radical (unpaired) electrons. The Morgan fingerprint density at radius 3 is 1.96 bits per heavy atom. The zero-order valence-corrected chi connectivity index (χ0v) is 14.6. The number of hydrogen-bond donors (Lipinski definition) is 0. The number of anilines is 3. The topological polar surface area (TPSA) is 3.24 Å². The normalized spacial score (nSPS) is 10.8. The molecule has 4 rings (SSSR count). The number of aryl methyl sites for hydroxylation is 2. The second-order valence-corrected chi connectivity index (χ2v) is 6.52. The van der Waals surface area contributed by atoms with Gasteiger partial charge in [-0.05, 0) is 60.7 Å². The number of para-hydroxylation sites is 1. The quantitative estimate of drug-likeness (QED) is 0.395. The van der Waals surface area contributed by atoms with Crippen LogP contribution in [0.2, 0.25) is 0 Å². The van der Waals surface area contributed by atoms with Gasteiger partial charge >= 0.3 is 0 Å². The molecule has 0 fully saturated rings. The number of benzene rings is 4. The lowest BCUT2D eigenvalue weighted by Crippen LogP contribution is -2.10. The molecule has 0 aliphatic heterocycles. The molecule has 1 heteroatoms. The first-order chi connectivity index (χ1) is 12.2. The van der Waals surface area contributed by atoms with Gasteiger partial charge in [0.15, 0.2) is 0 Å². The molecule has 0 atom stereocenters. The number of nitrogens with zero attached hydrogens (tertiary/aromatic N) is 1. The summed E-state index contributed by atoms with van der Waals surface area (Å²) in [4.78, 5) is 2.35. The van der Waals surface area contributed by atoms with Gasteiger partial charge < -0.3 is 4.90 Å². The molecule has 0 aromatic heterocycles. The van der Waals surface area contributed by atoms with Crippen LogP contribution in [0.25, 0.3) is 10.8 Å². The summed E-state index contributed by atoms with van der Waals surface area (Å²) in [5, 5.41) is 2.51. The van der Waals surface area contributed by atoms with E-state index in [1.165, 1.54) is 39.0 Å².